The van der Waals surface area contributed by atoms with Gasteiger partial charge >= 0.3 is 0 Å². The predicted octanol–water partition coefficient (Wildman–Crippen LogP) is 5.88. The van der Waals surface area contributed by atoms with Crippen LogP contribution in [0.15, 0.2) is 60.9 Å². The second-order valence-electron chi connectivity index (χ2n) is 7.76. The van der Waals surface area contributed by atoms with E-state index < -0.39 is 0 Å². The molecule has 31 heavy (non-hydrogen) atoms. The molecule has 1 aliphatic carbocycles. The van der Waals surface area contributed by atoms with Crippen LogP contribution in [0.5, 0.6) is 0 Å². The van der Waals surface area contributed by atoms with Gasteiger partial charge in [0, 0.05) is 39.5 Å². The number of halogens is 1. The van der Waals surface area contributed by atoms with Crippen molar-refractivity contribution in [1.82, 2.24) is 15.0 Å². The average Bonchev–Trinajstić information content (AvgIpc) is 3.17. The van der Waals surface area contributed by atoms with Gasteiger partial charge in [-0.2, -0.15) is 0 Å². The maximum Gasteiger partial charge on any atom is 0.256 e. The average molecular weight is 428 g/mol. The van der Waals surface area contributed by atoms with Gasteiger partial charge in [0.05, 0.1) is 6.57 Å². The van der Waals surface area contributed by atoms with Gasteiger partial charge in [-0.1, -0.05) is 30.2 Å². The number of aromatic amines is 1. The third kappa shape index (κ3) is 3.43. The highest BCUT2D eigenvalue weighted by molar-refractivity contribution is 6.31. The van der Waals surface area contributed by atoms with Gasteiger partial charge in [0.25, 0.3) is 5.91 Å². The number of carbonyl (C=O) groups is 1. The van der Waals surface area contributed by atoms with Gasteiger partial charge in [0.1, 0.15) is 11.5 Å². The van der Waals surface area contributed by atoms with Crippen LogP contribution in [0.1, 0.15) is 40.9 Å². The normalized spacial score (nSPS) is 14.6. The Balaban J connectivity index is 1.41. The molecule has 0 atom stereocenters. The van der Waals surface area contributed by atoms with E-state index in [4.69, 9.17) is 18.2 Å². The van der Waals surface area contributed by atoms with E-state index in [0.29, 0.717) is 22.1 Å². The van der Waals surface area contributed by atoms with Crippen LogP contribution in [0.4, 0.5) is 11.5 Å². The fourth-order valence-electron chi connectivity index (χ4n) is 4.14. The summed E-state index contributed by atoms with van der Waals surface area (Å²) in [6, 6.07) is 14.6. The molecule has 152 valence electrons. The van der Waals surface area contributed by atoms with E-state index in [2.05, 4.69) is 31.2 Å². The summed E-state index contributed by atoms with van der Waals surface area (Å²) in [6.07, 6.45) is 6.55. The molecule has 3 heterocycles. The Morgan fingerprint density at radius 1 is 1.13 bits per heavy atom. The summed E-state index contributed by atoms with van der Waals surface area (Å²) in [6.45, 7) is 7.19. The van der Waals surface area contributed by atoms with Crippen molar-refractivity contribution in [2.45, 2.75) is 24.7 Å². The van der Waals surface area contributed by atoms with E-state index in [1.165, 1.54) is 0 Å². The van der Waals surface area contributed by atoms with Crippen molar-refractivity contribution in [2.24, 2.45) is 0 Å². The molecule has 1 aliphatic rings. The first-order valence-electron chi connectivity index (χ1n) is 9.98. The van der Waals surface area contributed by atoms with Crippen LogP contribution < -0.4 is 5.32 Å². The molecule has 0 aliphatic heterocycles. The summed E-state index contributed by atoms with van der Waals surface area (Å²) < 4.78 is 0. The summed E-state index contributed by atoms with van der Waals surface area (Å²) in [7, 11) is 0. The van der Waals surface area contributed by atoms with Gasteiger partial charge < -0.3 is 10.3 Å². The molecule has 7 heteroatoms. The zero-order valence-corrected chi connectivity index (χ0v) is 17.3. The second-order valence-corrected chi connectivity index (χ2v) is 8.19. The number of benzene rings is 1. The molecule has 1 aromatic carbocycles. The summed E-state index contributed by atoms with van der Waals surface area (Å²) in [5, 5.41) is 4.27. The van der Waals surface area contributed by atoms with Crippen LogP contribution in [-0.4, -0.2) is 20.9 Å². The van der Waals surface area contributed by atoms with Crippen molar-refractivity contribution >= 4 is 40.0 Å². The smallest absolute Gasteiger partial charge is 0.256 e. The number of rotatable bonds is 4. The van der Waals surface area contributed by atoms with Crippen LogP contribution >= 0.6 is 11.6 Å². The lowest BCUT2D eigenvalue weighted by Crippen LogP contribution is -2.36. The second kappa shape index (κ2) is 7.53. The van der Waals surface area contributed by atoms with Gasteiger partial charge in [-0.15, -0.1) is 0 Å². The molecule has 6 nitrogen and oxygen atoms in total. The first-order valence-corrected chi connectivity index (χ1v) is 10.4. The largest absolute Gasteiger partial charge is 0.343 e. The number of hydrogen-bond donors (Lipinski definition) is 2. The zero-order valence-electron chi connectivity index (χ0n) is 16.5. The predicted molar refractivity (Wildman–Crippen MR) is 121 cm³/mol. The van der Waals surface area contributed by atoms with Crippen molar-refractivity contribution < 1.29 is 4.79 Å². The van der Waals surface area contributed by atoms with Gasteiger partial charge in [0.15, 0.2) is 0 Å². The van der Waals surface area contributed by atoms with Gasteiger partial charge in [-0.3, -0.25) is 9.78 Å². The Morgan fingerprint density at radius 2 is 2.00 bits per heavy atom. The lowest BCUT2D eigenvalue weighted by molar-refractivity contribution is 0.102. The number of amides is 1. The van der Waals surface area contributed by atoms with Crippen LogP contribution in [0.2, 0.25) is 5.02 Å². The minimum Gasteiger partial charge on any atom is -0.343 e. The van der Waals surface area contributed by atoms with E-state index in [1.807, 2.05) is 24.4 Å². The first kappa shape index (κ1) is 19.3. The zero-order chi connectivity index (χ0) is 21.4. The fraction of sp³-hybridized carbons (Fsp3) is 0.167. The number of aromatic nitrogens is 3. The maximum absolute atomic E-state index is 12.4. The van der Waals surface area contributed by atoms with E-state index in [-0.39, 0.29) is 11.3 Å². The Hall–Kier alpha value is -3.69. The molecule has 0 saturated heterocycles. The Bertz CT molecular complexity index is 1330. The fourth-order valence-corrected chi connectivity index (χ4v) is 4.33. The van der Waals surface area contributed by atoms with Crippen molar-refractivity contribution in [3.05, 3.63) is 94.2 Å². The molecule has 0 bridgehead atoms. The molecule has 0 unspecified atom stereocenters. The molecule has 0 spiro atoms. The molecule has 1 amide bonds. The maximum atomic E-state index is 12.4. The number of carbonyl (C=O) groups excluding carboxylic acids is 1. The van der Waals surface area contributed by atoms with E-state index in [9.17, 15) is 4.79 Å². The van der Waals surface area contributed by atoms with Crippen LogP contribution in [0.3, 0.4) is 0 Å². The summed E-state index contributed by atoms with van der Waals surface area (Å²) in [5.41, 5.74) is 3.83. The van der Waals surface area contributed by atoms with Crippen molar-refractivity contribution in [3.8, 4) is 0 Å². The minimum atomic E-state index is -0.251. The number of nitrogens with one attached hydrogen (secondary N) is 2. The first-order chi connectivity index (χ1) is 15.1. The summed E-state index contributed by atoms with van der Waals surface area (Å²) in [4.78, 5) is 28.2. The van der Waals surface area contributed by atoms with Crippen molar-refractivity contribution in [3.63, 3.8) is 0 Å². The van der Waals surface area contributed by atoms with Crippen molar-refractivity contribution in [1.29, 1.82) is 0 Å². The third-order valence-electron chi connectivity index (χ3n) is 5.95. The van der Waals surface area contributed by atoms with Crippen molar-refractivity contribution in [2.75, 3.05) is 5.32 Å². The van der Waals surface area contributed by atoms with Gasteiger partial charge in [-0.05, 0) is 54.8 Å². The van der Waals surface area contributed by atoms with Gasteiger partial charge in [0.2, 0.25) is 5.69 Å². The lowest BCUT2D eigenvalue weighted by Gasteiger charge is -2.41. The SMILES string of the molecule is [C-]#[N+]c1cnc2[nH]c(C3(c4ccc(NC(=O)c5cccc(Cl)c5)nc4)CCC3)cc2c1. The van der Waals surface area contributed by atoms with Gasteiger partial charge in [-0.25, -0.2) is 9.83 Å². The van der Waals surface area contributed by atoms with Crippen LogP contribution in [0, 0.1) is 6.57 Å². The number of nitrogens with zero attached hydrogens (tertiary/aromatic N) is 3. The molecular weight excluding hydrogens is 410 g/mol. The number of anilines is 1. The van der Waals surface area contributed by atoms with E-state index in [0.717, 1.165) is 41.6 Å². The molecule has 1 saturated carbocycles. The van der Waals surface area contributed by atoms with Crippen LogP contribution in [0.25, 0.3) is 15.9 Å². The number of pyridine rings is 2. The molecule has 0 radical (unpaired) electrons. The quantitative estimate of drug-likeness (QED) is 0.399. The highest BCUT2D eigenvalue weighted by Crippen LogP contribution is 2.49. The standard InChI is InChI=1S/C24H18ClN5O/c1-26-19-11-16-12-20(29-22(16)28-14-19)24(8-3-9-24)17-6-7-21(27-13-17)30-23(31)15-4-2-5-18(25)10-15/h2,4-7,10-14H,3,8-9H2,(H,28,29)(H,27,30,31). The molecule has 3 aromatic heterocycles. The minimum absolute atomic E-state index is 0.151. The number of hydrogen-bond acceptors (Lipinski definition) is 3. The highest BCUT2D eigenvalue weighted by Gasteiger charge is 2.42. The Morgan fingerprint density at radius 3 is 2.68 bits per heavy atom. The lowest BCUT2D eigenvalue weighted by atomic mass is 9.63. The van der Waals surface area contributed by atoms with E-state index >= 15 is 0 Å². The Kier molecular flexibility index (Phi) is 4.68. The third-order valence-corrected chi connectivity index (χ3v) is 6.19. The number of fused-ring (bicyclic) bond motifs is 1. The topological polar surface area (TPSA) is 75.0 Å². The van der Waals surface area contributed by atoms with E-state index in [1.54, 1.807) is 30.5 Å². The molecule has 1 fully saturated rings. The molecule has 2 N–H and O–H groups in total. The van der Waals surface area contributed by atoms with Crippen LogP contribution in [-0.2, 0) is 5.41 Å². The highest BCUT2D eigenvalue weighted by atomic mass is 35.5. The summed E-state index contributed by atoms with van der Waals surface area (Å²) in [5.74, 6) is 0.238. The molecule has 5 rings (SSSR count). The summed E-state index contributed by atoms with van der Waals surface area (Å²) >= 11 is 5.97. The molecule has 4 aromatic rings. The molecular formula is C24H18ClN5O. The monoisotopic (exact) mass is 427 g/mol. The Labute approximate surface area is 184 Å². The number of H-pyrrole nitrogens is 1.